The number of hydrogen-bond acceptors (Lipinski definition) is 4. The minimum absolute atomic E-state index is 0.0589. The number of nitrogens with one attached hydrogen (secondary N) is 1. The van der Waals surface area contributed by atoms with Crippen molar-refractivity contribution in [3.05, 3.63) is 87.4 Å². The fraction of sp³-hybridized carbons (Fsp3) is 0.296. The number of nitrogens with zero attached hydrogens (tertiary/aromatic N) is 2. The Morgan fingerprint density at radius 3 is 2.41 bits per heavy atom. The fourth-order valence-corrected chi connectivity index (χ4v) is 4.65. The molecule has 3 aromatic rings. The van der Waals surface area contributed by atoms with Crippen molar-refractivity contribution in [2.75, 3.05) is 43.0 Å². The van der Waals surface area contributed by atoms with Crippen molar-refractivity contribution in [1.82, 2.24) is 4.90 Å². The number of carbonyl (C=O) groups excluding carboxylic acids is 1. The zero-order valence-corrected chi connectivity index (χ0v) is 21.0. The van der Waals surface area contributed by atoms with Crippen molar-refractivity contribution in [3.63, 3.8) is 0 Å². The Hall–Kier alpha value is -2.73. The summed E-state index contributed by atoms with van der Waals surface area (Å²) in [5.74, 6) is 0.486. The maximum absolute atomic E-state index is 12.4. The Morgan fingerprint density at radius 2 is 1.71 bits per heavy atom. The maximum Gasteiger partial charge on any atom is 0.262 e. The number of ether oxygens (including phenoxy) is 1. The summed E-state index contributed by atoms with van der Waals surface area (Å²) in [4.78, 5) is 17.0. The van der Waals surface area contributed by atoms with Crippen molar-refractivity contribution in [2.24, 2.45) is 0 Å². The van der Waals surface area contributed by atoms with E-state index in [1.807, 2.05) is 62.4 Å². The summed E-state index contributed by atoms with van der Waals surface area (Å²) in [6, 6.07) is 19.5. The van der Waals surface area contributed by atoms with Gasteiger partial charge in [-0.2, -0.15) is 0 Å². The van der Waals surface area contributed by atoms with Gasteiger partial charge in [-0.3, -0.25) is 9.69 Å². The van der Waals surface area contributed by atoms with Crippen molar-refractivity contribution in [1.29, 1.82) is 0 Å². The van der Waals surface area contributed by atoms with Crippen LogP contribution in [0.15, 0.2) is 60.7 Å². The van der Waals surface area contributed by atoms with E-state index in [1.165, 1.54) is 0 Å². The number of aryl methyl sites for hydroxylation is 2. The van der Waals surface area contributed by atoms with Crippen molar-refractivity contribution < 1.29 is 9.53 Å². The van der Waals surface area contributed by atoms with Gasteiger partial charge in [0.1, 0.15) is 5.75 Å². The van der Waals surface area contributed by atoms with Crippen molar-refractivity contribution in [3.8, 4) is 5.75 Å². The number of piperazine rings is 1. The van der Waals surface area contributed by atoms with Crippen LogP contribution < -0.4 is 15.0 Å². The minimum Gasteiger partial charge on any atom is -0.483 e. The highest BCUT2D eigenvalue weighted by Crippen LogP contribution is 2.30. The molecule has 0 spiro atoms. The van der Waals surface area contributed by atoms with Crippen LogP contribution in [0.2, 0.25) is 10.0 Å². The third kappa shape index (κ3) is 6.23. The lowest BCUT2D eigenvalue weighted by molar-refractivity contribution is -0.118. The highest BCUT2D eigenvalue weighted by molar-refractivity contribution is 6.33. The molecule has 3 aromatic carbocycles. The largest absolute Gasteiger partial charge is 0.483 e. The fourth-order valence-electron chi connectivity index (χ4n) is 4.16. The van der Waals surface area contributed by atoms with Crippen LogP contribution in [0, 0.1) is 13.8 Å². The Bertz CT molecular complexity index is 1160. The number of anilines is 2. The van der Waals surface area contributed by atoms with Gasteiger partial charge in [-0.25, -0.2) is 0 Å². The van der Waals surface area contributed by atoms with Gasteiger partial charge in [0.2, 0.25) is 0 Å². The standard InChI is InChI=1S/C27H29Cl2N3O2/c1-19-7-10-26(20(2)15-19)34-18-27(33)30-22-8-9-25(24(29)16-22)32-13-11-31(12-14-32)17-21-5-3-4-6-23(21)28/h3-10,15-16H,11-14,17-18H2,1-2H3,(H,30,33). The summed E-state index contributed by atoms with van der Waals surface area (Å²) in [6.45, 7) is 8.38. The Morgan fingerprint density at radius 1 is 0.941 bits per heavy atom. The topological polar surface area (TPSA) is 44.8 Å². The molecule has 1 aliphatic heterocycles. The van der Waals surface area contributed by atoms with Crippen molar-refractivity contribution >= 4 is 40.5 Å². The average Bonchev–Trinajstić information content (AvgIpc) is 2.81. The second kappa shape index (κ2) is 11.1. The van der Waals surface area contributed by atoms with Crippen LogP contribution in [0.5, 0.6) is 5.75 Å². The number of halogens is 2. The Labute approximate surface area is 211 Å². The van der Waals surface area contributed by atoms with E-state index in [0.29, 0.717) is 16.5 Å². The van der Waals surface area contributed by atoms with Gasteiger partial charge in [0.15, 0.2) is 6.61 Å². The first-order chi connectivity index (χ1) is 16.4. The van der Waals surface area contributed by atoms with Gasteiger partial charge in [0.05, 0.1) is 10.7 Å². The van der Waals surface area contributed by atoms with E-state index in [0.717, 1.165) is 60.1 Å². The zero-order chi connectivity index (χ0) is 24.1. The van der Waals surface area contributed by atoms with Gasteiger partial charge in [0.25, 0.3) is 5.91 Å². The van der Waals surface area contributed by atoms with Crippen LogP contribution >= 0.6 is 23.2 Å². The molecule has 1 heterocycles. The first kappa shape index (κ1) is 24.4. The maximum atomic E-state index is 12.4. The third-order valence-corrected chi connectivity index (χ3v) is 6.66. The molecule has 0 aliphatic carbocycles. The highest BCUT2D eigenvalue weighted by Gasteiger charge is 2.20. The molecule has 1 aliphatic rings. The zero-order valence-electron chi connectivity index (χ0n) is 19.5. The monoisotopic (exact) mass is 497 g/mol. The molecule has 5 nitrogen and oxygen atoms in total. The van der Waals surface area contributed by atoms with E-state index in [1.54, 1.807) is 6.07 Å². The van der Waals surface area contributed by atoms with E-state index in [2.05, 4.69) is 21.2 Å². The summed E-state index contributed by atoms with van der Waals surface area (Å²) in [7, 11) is 0. The van der Waals surface area contributed by atoms with Crippen LogP contribution in [0.3, 0.4) is 0 Å². The molecule has 0 atom stereocenters. The quantitative estimate of drug-likeness (QED) is 0.437. The number of amides is 1. The molecule has 1 saturated heterocycles. The van der Waals surface area contributed by atoms with Gasteiger partial charge in [-0.05, 0) is 55.3 Å². The van der Waals surface area contributed by atoms with E-state index in [4.69, 9.17) is 27.9 Å². The molecular weight excluding hydrogens is 469 g/mol. The van der Waals surface area contributed by atoms with Crippen LogP contribution in [0.1, 0.15) is 16.7 Å². The number of rotatable bonds is 7. The third-order valence-electron chi connectivity index (χ3n) is 5.99. The number of carbonyl (C=O) groups is 1. The molecule has 178 valence electrons. The summed E-state index contributed by atoms with van der Waals surface area (Å²) in [5.41, 5.74) is 4.94. The number of benzene rings is 3. The molecule has 1 amide bonds. The van der Waals surface area contributed by atoms with Gasteiger partial charge in [-0.15, -0.1) is 0 Å². The lowest BCUT2D eigenvalue weighted by Gasteiger charge is -2.36. The van der Waals surface area contributed by atoms with E-state index in [9.17, 15) is 4.79 Å². The van der Waals surface area contributed by atoms with Gasteiger partial charge in [-0.1, -0.05) is 59.1 Å². The lowest BCUT2D eigenvalue weighted by Crippen LogP contribution is -2.46. The van der Waals surface area contributed by atoms with E-state index < -0.39 is 0 Å². The first-order valence-corrected chi connectivity index (χ1v) is 12.1. The smallest absolute Gasteiger partial charge is 0.262 e. The van der Waals surface area contributed by atoms with Gasteiger partial charge in [0, 0.05) is 43.4 Å². The van der Waals surface area contributed by atoms with Crippen LogP contribution in [0.25, 0.3) is 0 Å². The predicted octanol–water partition coefficient (Wildman–Crippen LogP) is 5.95. The molecule has 7 heteroatoms. The summed E-state index contributed by atoms with van der Waals surface area (Å²) in [6.07, 6.45) is 0. The molecular formula is C27H29Cl2N3O2. The summed E-state index contributed by atoms with van der Waals surface area (Å²) in [5, 5.41) is 4.29. The van der Waals surface area contributed by atoms with Gasteiger partial charge >= 0.3 is 0 Å². The molecule has 1 fully saturated rings. The molecule has 1 N–H and O–H groups in total. The predicted molar refractivity (Wildman–Crippen MR) is 140 cm³/mol. The Kier molecular flexibility index (Phi) is 7.99. The summed E-state index contributed by atoms with van der Waals surface area (Å²) >= 11 is 12.9. The minimum atomic E-state index is -0.225. The Balaban J connectivity index is 1.29. The second-order valence-corrected chi connectivity index (χ2v) is 9.44. The second-order valence-electron chi connectivity index (χ2n) is 8.63. The van der Waals surface area contributed by atoms with Crippen LogP contribution in [0.4, 0.5) is 11.4 Å². The SMILES string of the molecule is Cc1ccc(OCC(=O)Nc2ccc(N3CCN(Cc4ccccc4Cl)CC3)c(Cl)c2)c(C)c1. The van der Waals surface area contributed by atoms with Crippen molar-refractivity contribution in [2.45, 2.75) is 20.4 Å². The summed E-state index contributed by atoms with van der Waals surface area (Å²) < 4.78 is 5.67. The van der Waals surface area contributed by atoms with Crippen LogP contribution in [-0.2, 0) is 11.3 Å². The number of hydrogen-bond donors (Lipinski definition) is 1. The molecule has 4 rings (SSSR count). The first-order valence-electron chi connectivity index (χ1n) is 11.4. The normalized spacial score (nSPS) is 14.2. The molecule has 0 aromatic heterocycles. The van der Waals surface area contributed by atoms with Gasteiger partial charge < -0.3 is 15.0 Å². The van der Waals surface area contributed by atoms with E-state index >= 15 is 0 Å². The van der Waals surface area contributed by atoms with Crippen LogP contribution in [-0.4, -0.2) is 43.6 Å². The lowest BCUT2D eigenvalue weighted by atomic mass is 10.1. The molecule has 0 saturated carbocycles. The molecule has 0 radical (unpaired) electrons. The molecule has 0 unspecified atom stereocenters. The molecule has 0 bridgehead atoms. The highest BCUT2D eigenvalue weighted by atomic mass is 35.5. The average molecular weight is 498 g/mol. The molecule has 34 heavy (non-hydrogen) atoms. The van der Waals surface area contributed by atoms with E-state index in [-0.39, 0.29) is 12.5 Å².